The molecule has 7 heteroatoms. The molecule has 2 amide bonds. The maximum absolute atomic E-state index is 14.1. The molecule has 1 N–H and O–H groups in total. The molecule has 0 aromatic heterocycles. The Hall–Kier alpha value is -1.50. The van der Waals surface area contributed by atoms with Crippen LogP contribution in [0, 0.1) is 17.6 Å². The van der Waals surface area contributed by atoms with Gasteiger partial charge in [0.1, 0.15) is 17.7 Å². The van der Waals surface area contributed by atoms with Gasteiger partial charge >= 0.3 is 0 Å². The van der Waals surface area contributed by atoms with Gasteiger partial charge in [0.15, 0.2) is 0 Å². The molecule has 1 heterocycles. The average Bonchev–Trinajstić information content (AvgIpc) is 3.25. The van der Waals surface area contributed by atoms with Gasteiger partial charge < -0.3 is 10.2 Å². The van der Waals surface area contributed by atoms with Crippen molar-refractivity contribution in [1.29, 1.82) is 0 Å². The van der Waals surface area contributed by atoms with Gasteiger partial charge in [0.05, 0.1) is 10.2 Å². The van der Waals surface area contributed by atoms with Gasteiger partial charge in [0.2, 0.25) is 11.8 Å². The first-order chi connectivity index (χ1) is 9.97. The van der Waals surface area contributed by atoms with E-state index >= 15 is 0 Å². The third-order valence-electron chi connectivity index (χ3n) is 3.78. The Morgan fingerprint density at radius 2 is 1.90 bits per heavy atom. The molecule has 1 atom stereocenters. The molecule has 0 radical (unpaired) electrons. The van der Waals surface area contributed by atoms with E-state index in [-0.39, 0.29) is 40.9 Å². The minimum absolute atomic E-state index is 0.000958. The number of halogens is 3. The molecule has 1 saturated heterocycles. The molecule has 2 fully saturated rings. The van der Waals surface area contributed by atoms with Gasteiger partial charge in [0, 0.05) is 19.0 Å². The van der Waals surface area contributed by atoms with Crippen molar-refractivity contribution in [3.05, 3.63) is 28.2 Å². The fourth-order valence-corrected chi connectivity index (χ4v) is 2.82. The van der Waals surface area contributed by atoms with Gasteiger partial charge in [-0.3, -0.25) is 9.59 Å². The van der Waals surface area contributed by atoms with Gasteiger partial charge in [-0.25, -0.2) is 8.78 Å². The summed E-state index contributed by atoms with van der Waals surface area (Å²) in [6.45, 7) is 0.0475. The summed E-state index contributed by atoms with van der Waals surface area (Å²) in [6.07, 6.45) is 1.80. The van der Waals surface area contributed by atoms with Crippen LogP contribution in [0.1, 0.15) is 19.3 Å². The number of anilines is 1. The van der Waals surface area contributed by atoms with E-state index in [0.717, 1.165) is 25.0 Å². The highest BCUT2D eigenvalue weighted by molar-refractivity contribution is 9.10. The number of hydrogen-bond acceptors (Lipinski definition) is 2. The summed E-state index contributed by atoms with van der Waals surface area (Å²) in [5.74, 6) is -1.85. The van der Waals surface area contributed by atoms with Crippen LogP contribution in [0.5, 0.6) is 0 Å². The number of amides is 2. The van der Waals surface area contributed by atoms with E-state index in [9.17, 15) is 18.4 Å². The summed E-state index contributed by atoms with van der Waals surface area (Å²) in [5.41, 5.74) is -0.122. The Bertz CT molecular complexity index is 619. The van der Waals surface area contributed by atoms with E-state index in [1.54, 1.807) is 0 Å². The van der Waals surface area contributed by atoms with Crippen molar-refractivity contribution in [2.75, 3.05) is 11.4 Å². The van der Waals surface area contributed by atoms with Crippen molar-refractivity contribution < 1.29 is 18.4 Å². The summed E-state index contributed by atoms with van der Waals surface area (Å²) >= 11 is 2.90. The number of benzene rings is 1. The fraction of sp³-hybridized carbons (Fsp3) is 0.429. The van der Waals surface area contributed by atoms with Gasteiger partial charge in [-0.05, 0) is 40.8 Å². The van der Waals surface area contributed by atoms with Crippen molar-refractivity contribution in [2.24, 2.45) is 5.92 Å². The van der Waals surface area contributed by atoms with E-state index in [1.165, 1.54) is 4.90 Å². The fourth-order valence-electron chi connectivity index (χ4n) is 2.51. The van der Waals surface area contributed by atoms with Gasteiger partial charge in [0.25, 0.3) is 0 Å². The summed E-state index contributed by atoms with van der Waals surface area (Å²) in [5, 5.41) is 2.68. The average molecular weight is 359 g/mol. The van der Waals surface area contributed by atoms with Gasteiger partial charge in [-0.1, -0.05) is 0 Å². The molecule has 112 valence electrons. The highest BCUT2D eigenvalue weighted by atomic mass is 79.9. The third-order valence-corrected chi connectivity index (χ3v) is 4.39. The van der Waals surface area contributed by atoms with Gasteiger partial charge in [-0.2, -0.15) is 0 Å². The van der Waals surface area contributed by atoms with Crippen molar-refractivity contribution in [3.63, 3.8) is 0 Å². The molecular weight excluding hydrogens is 346 g/mol. The number of hydrogen-bond donors (Lipinski definition) is 1. The minimum Gasteiger partial charge on any atom is -0.344 e. The van der Waals surface area contributed by atoms with Crippen LogP contribution in [0.25, 0.3) is 0 Å². The smallest absolute Gasteiger partial charge is 0.249 e. The number of carbonyl (C=O) groups excluding carboxylic acids is 2. The molecule has 1 aliphatic heterocycles. The predicted molar refractivity (Wildman–Crippen MR) is 75.7 cm³/mol. The maximum Gasteiger partial charge on any atom is 0.249 e. The molecule has 1 aromatic carbocycles. The first kappa shape index (κ1) is 14.4. The van der Waals surface area contributed by atoms with Crippen molar-refractivity contribution in [3.8, 4) is 0 Å². The van der Waals surface area contributed by atoms with Gasteiger partial charge in [-0.15, -0.1) is 0 Å². The molecule has 2 aliphatic rings. The second-order valence-corrected chi connectivity index (χ2v) is 6.19. The van der Waals surface area contributed by atoms with Crippen LogP contribution in [0.4, 0.5) is 14.5 Å². The zero-order valence-electron chi connectivity index (χ0n) is 11.0. The zero-order valence-corrected chi connectivity index (χ0v) is 12.6. The minimum atomic E-state index is -0.694. The Morgan fingerprint density at radius 3 is 2.57 bits per heavy atom. The lowest BCUT2D eigenvalue weighted by Crippen LogP contribution is -2.46. The lowest BCUT2D eigenvalue weighted by atomic mass is 10.1. The maximum atomic E-state index is 14.1. The lowest BCUT2D eigenvalue weighted by molar-refractivity contribution is -0.126. The molecule has 1 saturated carbocycles. The lowest BCUT2D eigenvalue weighted by Gasteiger charge is -2.24. The Balaban J connectivity index is 1.97. The van der Waals surface area contributed by atoms with Crippen LogP contribution >= 0.6 is 15.9 Å². The first-order valence-corrected chi connectivity index (χ1v) is 7.52. The predicted octanol–water partition coefficient (Wildman–Crippen LogP) is 2.36. The first-order valence-electron chi connectivity index (χ1n) is 6.72. The van der Waals surface area contributed by atoms with Crippen LogP contribution in [0.15, 0.2) is 16.6 Å². The number of nitrogens with zero attached hydrogens (tertiary/aromatic N) is 1. The molecular formula is C14H13BrF2N2O2. The molecule has 21 heavy (non-hydrogen) atoms. The number of rotatable bonds is 2. The van der Waals surface area contributed by atoms with Crippen molar-refractivity contribution in [2.45, 2.75) is 25.3 Å². The highest BCUT2D eigenvalue weighted by Gasteiger charge is 2.41. The summed E-state index contributed by atoms with van der Waals surface area (Å²) in [6, 6.07) is 1.34. The molecule has 1 aliphatic carbocycles. The van der Waals surface area contributed by atoms with Crippen LogP contribution in [-0.2, 0) is 9.59 Å². The second-order valence-electron chi connectivity index (χ2n) is 5.34. The zero-order chi connectivity index (χ0) is 15.1. The molecule has 0 spiro atoms. The quantitative estimate of drug-likeness (QED) is 0.825. The van der Waals surface area contributed by atoms with Crippen LogP contribution in [0.2, 0.25) is 0 Å². The summed E-state index contributed by atoms with van der Waals surface area (Å²) in [7, 11) is 0. The van der Waals surface area contributed by atoms with E-state index in [2.05, 4.69) is 21.2 Å². The van der Waals surface area contributed by atoms with Crippen LogP contribution in [-0.4, -0.2) is 24.4 Å². The standard InChI is InChI=1S/C14H13BrF2N2O2/c15-8-5-10(17)11(6-9(8)16)19-4-3-12(20)18-13(14(19)21)7-1-2-7/h5-7,13H,1-4H2,(H,18,20). The Labute approximate surface area is 128 Å². The molecule has 4 nitrogen and oxygen atoms in total. The molecule has 1 unspecified atom stereocenters. The molecule has 1 aromatic rings. The highest BCUT2D eigenvalue weighted by Crippen LogP contribution is 2.36. The SMILES string of the molecule is O=C1CCN(c2cc(F)c(Br)cc2F)C(=O)C(C2CC2)N1. The molecule has 3 rings (SSSR count). The Kier molecular flexibility index (Phi) is 3.69. The van der Waals surface area contributed by atoms with Crippen molar-refractivity contribution in [1.82, 2.24) is 5.32 Å². The largest absolute Gasteiger partial charge is 0.344 e. The van der Waals surface area contributed by atoms with Crippen LogP contribution < -0.4 is 10.2 Å². The van der Waals surface area contributed by atoms with E-state index < -0.39 is 17.7 Å². The van der Waals surface area contributed by atoms with E-state index in [1.807, 2.05) is 0 Å². The Morgan fingerprint density at radius 1 is 1.19 bits per heavy atom. The number of carbonyl (C=O) groups is 2. The molecule has 0 bridgehead atoms. The van der Waals surface area contributed by atoms with E-state index in [0.29, 0.717) is 0 Å². The summed E-state index contributed by atoms with van der Waals surface area (Å²) < 4.78 is 27.7. The monoisotopic (exact) mass is 358 g/mol. The van der Waals surface area contributed by atoms with Crippen LogP contribution in [0.3, 0.4) is 0 Å². The summed E-state index contributed by atoms with van der Waals surface area (Å²) in [4.78, 5) is 25.4. The topological polar surface area (TPSA) is 49.4 Å². The normalized spacial score (nSPS) is 23.0. The van der Waals surface area contributed by atoms with E-state index in [4.69, 9.17) is 0 Å². The second kappa shape index (κ2) is 5.36. The number of nitrogens with one attached hydrogen (secondary N) is 1. The third kappa shape index (κ3) is 2.79. The van der Waals surface area contributed by atoms with Crippen molar-refractivity contribution >= 4 is 33.4 Å².